The third kappa shape index (κ3) is 3.29. The van der Waals surface area contributed by atoms with Gasteiger partial charge in [0.2, 0.25) is 0 Å². The van der Waals surface area contributed by atoms with Gasteiger partial charge in [0.1, 0.15) is 11.6 Å². The van der Waals surface area contributed by atoms with E-state index in [-0.39, 0.29) is 5.56 Å². The second-order valence-electron chi connectivity index (χ2n) is 3.87. The van der Waals surface area contributed by atoms with Gasteiger partial charge in [-0.15, -0.1) is 11.3 Å². The summed E-state index contributed by atoms with van der Waals surface area (Å²) < 4.78 is 18.6. The van der Waals surface area contributed by atoms with Gasteiger partial charge in [0.05, 0.1) is 24.2 Å². The number of carbonyl (C=O) groups is 1. The van der Waals surface area contributed by atoms with Crippen LogP contribution >= 0.6 is 11.3 Å². The fraction of sp³-hybridized carbons (Fsp3) is 0.231. The molecule has 0 spiro atoms. The number of benzene rings is 1. The number of hydrogen-bond acceptors (Lipinski definition) is 4. The average Bonchev–Trinajstić information content (AvgIpc) is 2.81. The Morgan fingerprint density at radius 1 is 1.53 bits per heavy atom. The van der Waals surface area contributed by atoms with Crippen LogP contribution in [0.1, 0.15) is 20.2 Å². The van der Waals surface area contributed by atoms with Gasteiger partial charge in [-0.2, -0.15) is 0 Å². The van der Waals surface area contributed by atoms with E-state index in [1.807, 2.05) is 6.92 Å². The molecule has 2 rings (SSSR count). The SMILES string of the molecule is COc1ccc(C(=O)NCc2cnc(C)s2)c(F)c1. The van der Waals surface area contributed by atoms with Gasteiger partial charge in [-0.3, -0.25) is 4.79 Å². The highest BCUT2D eigenvalue weighted by Crippen LogP contribution is 2.16. The van der Waals surface area contributed by atoms with Crippen LogP contribution in [-0.2, 0) is 6.54 Å². The third-order valence-electron chi connectivity index (χ3n) is 2.51. The predicted molar refractivity (Wildman–Crippen MR) is 71.0 cm³/mol. The zero-order valence-electron chi connectivity index (χ0n) is 10.6. The number of amides is 1. The minimum Gasteiger partial charge on any atom is -0.497 e. The van der Waals surface area contributed by atoms with E-state index in [2.05, 4.69) is 10.3 Å². The molecule has 2 aromatic rings. The molecule has 0 aliphatic heterocycles. The van der Waals surface area contributed by atoms with E-state index >= 15 is 0 Å². The predicted octanol–water partition coefficient (Wildman–Crippen LogP) is 2.53. The summed E-state index contributed by atoms with van der Waals surface area (Å²) in [5.41, 5.74) is 0.00189. The van der Waals surface area contributed by atoms with Gasteiger partial charge in [-0.1, -0.05) is 0 Å². The number of methoxy groups -OCH3 is 1. The van der Waals surface area contributed by atoms with Crippen molar-refractivity contribution in [2.45, 2.75) is 13.5 Å². The molecule has 19 heavy (non-hydrogen) atoms. The normalized spacial score (nSPS) is 10.3. The molecule has 0 atom stereocenters. The molecule has 0 saturated carbocycles. The molecule has 1 heterocycles. The van der Waals surface area contributed by atoms with Crippen molar-refractivity contribution in [1.29, 1.82) is 0 Å². The first-order valence-corrected chi connectivity index (χ1v) is 6.45. The maximum absolute atomic E-state index is 13.7. The molecule has 0 aliphatic rings. The van der Waals surface area contributed by atoms with Crippen molar-refractivity contribution >= 4 is 17.2 Å². The Hall–Kier alpha value is -1.95. The summed E-state index contributed by atoms with van der Waals surface area (Å²) in [6, 6.07) is 4.14. The molecule has 1 aromatic carbocycles. The number of carbonyl (C=O) groups excluding carboxylic acids is 1. The lowest BCUT2D eigenvalue weighted by Gasteiger charge is -2.06. The van der Waals surface area contributed by atoms with Crippen molar-refractivity contribution < 1.29 is 13.9 Å². The summed E-state index contributed by atoms with van der Waals surface area (Å²) in [5, 5.41) is 3.59. The first-order valence-electron chi connectivity index (χ1n) is 5.63. The number of aryl methyl sites for hydroxylation is 1. The third-order valence-corrected chi connectivity index (χ3v) is 3.43. The molecular formula is C13H13FN2O2S. The number of aromatic nitrogens is 1. The Balaban J connectivity index is 2.03. The van der Waals surface area contributed by atoms with E-state index in [1.165, 1.54) is 30.6 Å². The molecule has 1 amide bonds. The number of nitrogens with zero attached hydrogens (tertiary/aromatic N) is 1. The number of nitrogens with one attached hydrogen (secondary N) is 1. The molecule has 4 nitrogen and oxygen atoms in total. The van der Waals surface area contributed by atoms with E-state index in [0.717, 1.165) is 9.88 Å². The fourth-order valence-corrected chi connectivity index (χ4v) is 2.29. The first-order chi connectivity index (χ1) is 9.10. The highest BCUT2D eigenvalue weighted by molar-refractivity contribution is 7.11. The van der Waals surface area contributed by atoms with Crippen LogP contribution in [0.5, 0.6) is 5.75 Å². The maximum Gasteiger partial charge on any atom is 0.254 e. The van der Waals surface area contributed by atoms with Crippen molar-refractivity contribution in [1.82, 2.24) is 10.3 Å². The second-order valence-corrected chi connectivity index (χ2v) is 5.19. The zero-order chi connectivity index (χ0) is 13.8. The van der Waals surface area contributed by atoms with Crippen LogP contribution < -0.4 is 10.1 Å². The van der Waals surface area contributed by atoms with Crippen LogP contribution in [-0.4, -0.2) is 18.0 Å². The Bertz CT molecular complexity index is 598. The molecule has 6 heteroatoms. The van der Waals surface area contributed by atoms with Gasteiger partial charge < -0.3 is 10.1 Å². The lowest BCUT2D eigenvalue weighted by atomic mass is 10.2. The molecule has 0 radical (unpaired) electrons. The highest BCUT2D eigenvalue weighted by atomic mass is 32.1. The zero-order valence-corrected chi connectivity index (χ0v) is 11.4. The van der Waals surface area contributed by atoms with Gasteiger partial charge in [-0.05, 0) is 19.1 Å². The van der Waals surface area contributed by atoms with Crippen LogP contribution in [0, 0.1) is 12.7 Å². The smallest absolute Gasteiger partial charge is 0.254 e. The number of rotatable bonds is 4. The second kappa shape index (κ2) is 5.79. The molecule has 0 saturated heterocycles. The molecular weight excluding hydrogens is 267 g/mol. The molecule has 0 fully saturated rings. The Morgan fingerprint density at radius 2 is 2.32 bits per heavy atom. The first kappa shape index (κ1) is 13.5. The lowest BCUT2D eigenvalue weighted by Crippen LogP contribution is -2.23. The van der Waals surface area contributed by atoms with E-state index in [0.29, 0.717) is 12.3 Å². The van der Waals surface area contributed by atoms with Gasteiger partial charge >= 0.3 is 0 Å². The van der Waals surface area contributed by atoms with Crippen molar-refractivity contribution in [3.8, 4) is 5.75 Å². The summed E-state index contributed by atoms with van der Waals surface area (Å²) >= 11 is 1.50. The Kier molecular flexibility index (Phi) is 4.11. The van der Waals surface area contributed by atoms with Crippen molar-refractivity contribution in [3.63, 3.8) is 0 Å². The highest BCUT2D eigenvalue weighted by Gasteiger charge is 2.12. The van der Waals surface area contributed by atoms with Crippen LogP contribution in [0.4, 0.5) is 4.39 Å². The summed E-state index contributed by atoms with van der Waals surface area (Å²) in [6.07, 6.45) is 1.70. The van der Waals surface area contributed by atoms with E-state index < -0.39 is 11.7 Å². The minimum atomic E-state index is -0.600. The number of halogens is 1. The largest absolute Gasteiger partial charge is 0.497 e. The van der Waals surface area contributed by atoms with Crippen molar-refractivity contribution in [2.24, 2.45) is 0 Å². The van der Waals surface area contributed by atoms with Crippen LogP contribution in [0.15, 0.2) is 24.4 Å². The quantitative estimate of drug-likeness (QED) is 0.936. The van der Waals surface area contributed by atoms with E-state index in [1.54, 1.807) is 12.3 Å². The van der Waals surface area contributed by atoms with Gasteiger partial charge in [0, 0.05) is 17.1 Å². The summed E-state index contributed by atoms with van der Waals surface area (Å²) in [4.78, 5) is 16.9. The lowest BCUT2D eigenvalue weighted by molar-refractivity contribution is 0.0947. The van der Waals surface area contributed by atoms with Gasteiger partial charge in [-0.25, -0.2) is 9.37 Å². The molecule has 100 valence electrons. The van der Waals surface area contributed by atoms with E-state index in [9.17, 15) is 9.18 Å². The van der Waals surface area contributed by atoms with Crippen molar-refractivity contribution in [2.75, 3.05) is 7.11 Å². The standard InChI is InChI=1S/C13H13FN2O2S/c1-8-15-6-10(19-8)7-16-13(17)11-4-3-9(18-2)5-12(11)14/h3-6H,7H2,1-2H3,(H,16,17). The summed E-state index contributed by atoms with van der Waals surface area (Å²) in [5.74, 6) is -0.671. The van der Waals surface area contributed by atoms with Gasteiger partial charge in [0.25, 0.3) is 5.91 Å². The monoisotopic (exact) mass is 280 g/mol. The summed E-state index contributed by atoms with van der Waals surface area (Å²) in [6.45, 7) is 2.23. The number of ether oxygens (including phenoxy) is 1. The van der Waals surface area contributed by atoms with Crippen LogP contribution in [0.3, 0.4) is 0 Å². The van der Waals surface area contributed by atoms with Crippen LogP contribution in [0.25, 0.3) is 0 Å². The number of hydrogen-bond donors (Lipinski definition) is 1. The molecule has 0 bridgehead atoms. The van der Waals surface area contributed by atoms with Gasteiger partial charge in [0.15, 0.2) is 0 Å². The maximum atomic E-state index is 13.7. The molecule has 1 aromatic heterocycles. The average molecular weight is 280 g/mol. The van der Waals surface area contributed by atoms with E-state index in [4.69, 9.17) is 4.74 Å². The fourth-order valence-electron chi connectivity index (χ4n) is 1.56. The Labute approximate surface area is 114 Å². The van der Waals surface area contributed by atoms with Crippen LogP contribution in [0.2, 0.25) is 0 Å². The topological polar surface area (TPSA) is 51.2 Å². The Morgan fingerprint density at radius 3 is 2.89 bits per heavy atom. The number of thiazole rings is 1. The summed E-state index contributed by atoms with van der Waals surface area (Å²) in [7, 11) is 1.45. The molecule has 1 N–H and O–H groups in total. The molecule has 0 aliphatic carbocycles. The molecule has 0 unspecified atom stereocenters. The van der Waals surface area contributed by atoms with Crippen molar-refractivity contribution in [3.05, 3.63) is 45.7 Å². The minimum absolute atomic E-state index is 0.00189.